The Balaban J connectivity index is 1.77. The number of alkyl halides is 3. The lowest BCUT2D eigenvalue weighted by Gasteiger charge is -2.08. The van der Waals surface area contributed by atoms with Gasteiger partial charge in [-0.05, 0) is 35.0 Å². The summed E-state index contributed by atoms with van der Waals surface area (Å²) in [5, 5.41) is 1.67. The van der Waals surface area contributed by atoms with Gasteiger partial charge in [-0.15, -0.1) is 0 Å². The van der Waals surface area contributed by atoms with Gasteiger partial charge in [0, 0.05) is 5.56 Å². The van der Waals surface area contributed by atoms with E-state index in [0.29, 0.717) is 0 Å². The molecule has 3 nitrogen and oxygen atoms in total. The average molecular weight is 389 g/mol. The maximum atomic E-state index is 12.9. The Bertz CT molecular complexity index is 1140. The molecular weight excluding hydrogens is 375 g/mol. The van der Waals surface area contributed by atoms with Crippen LogP contribution in [-0.4, -0.2) is 15.0 Å². The Morgan fingerprint density at radius 1 is 0.889 bits per heavy atom. The Morgan fingerprint density at radius 3 is 2.30 bits per heavy atom. The van der Waals surface area contributed by atoms with E-state index in [2.05, 4.69) is 16.6 Å². The minimum absolute atomic E-state index is 0.0682. The zero-order valence-corrected chi connectivity index (χ0v) is 14.7. The highest BCUT2D eigenvalue weighted by molar-refractivity contribution is 7.89. The monoisotopic (exact) mass is 389 g/mol. The van der Waals surface area contributed by atoms with Crippen LogP contribution in [0.4, 0.5) is 13.2 Å². The number of sulfonamides is 1. The van der Waals surface area contributed by atoms with Crippen molar-refractivity contribution in [1.82, 2.24) is 4.72 Å². The second-order valence-corrected chi connectivity index (χ2v) is 7.45. The second-order valence-electron chi connectivity index (χ2n) is 5.68. The summed E-state index contributed by atoms with van der Waals surface area (Å²) >= 11 is 0. The van der Waals surface area contributed by atoms with Gasteiger partial charge in [0.25, 0.3) is 0 Å². The fraction of sp³-hybridized carbons (Fsp3) is 0.100. The molecule has 0 bridgehead atoms. The topological polar surface area (TPSA) is 46.2 Å². The fourth-order valence-corrected chi connectivity index (χ4v) is 3.49. The van der Waals surface area contributed by atoms with Crippen molar-refractivity contribution < 1.29 is 21.6 Å². The van der Waals surface area contributed by atoms with E-state index in [4.69, 9.17) is 0 Å². The maximum absolute atomic E-state index is 12.9. The van der Waals surface area contributed by atoms with Gasteiger partial charge in [0.1, 0.15) is 0 Å². The second kappa shape index (κ2) is 7.43. The smallest absolute Gasteiger partial charge is 0.207 e. The first-order valence-corrected chi connectivity index (χ1v) is 9.39. The van der Waals surface area contributed by atoms with Crippen molar-refractivity contribution in [3.8, 4) is 11.8 Å². The molecule has 0 saturated heterocycles. The van der Waals surface area contributed by atoms with Gasteiger partial charge in [-0.3, -0.25) is 0 Å². The summed E-state index contributed by atoms with van der Waals surface area (Å²) in [7, 11) is -3.82. The van der Waals surface area contributed by atoms with E-state index in [-0.39, 0.29) is 17.0 Å². The van der Waals surface area contributed by atoms with E-state index in [1.807, 2.05) is 12.1 Å². The molecule has 0 spiro atoms. The first-order valence-electron chi connectivity index (χ1n) is 7.91. The molecule has 27 heavy (non-hydrogen) atoms. The summed E-state index contributed by atoms with van der Waals surface area (Å²) < 4.78 is 65.7. The highest BCUT2D eigenvalue weighted by atomic mass is 32.2. The molecule has 3 rings (SSSR count). The summed E-state index contributed by atoms with van der Waals surface area (Å²) in [6.07, 6.45) is -4.52. The van der Waals surface area contributed by atoms with Crippen LogP contribution in [0.5, 0.6) is 0 Å². The number of hydrogen-bond acceptors (Lipinski definition) is 2. The molecule has 3 aromatic rings. The molecule has 1 N–H and O–H groups in total. The van der Waals surface area contributed by atoms with Crippen LogP contribution in [0, 0.1) is 11.8 Å². The Hall–Kier alpha value is -2.82. The molecule has 0 aliphatic carbocycles. The van der Waals surface area contributed by atoms with Gasteiger partial charge in [0.05, 0.1) is 17.0 Å². The van der Waals surface area contributed by atoms with Crippen molar-refractivity contribution in [1.29, 1.82) is 0 Å². The minimum Gasteiger partial charge on any atom is -0.207 e. The van der Waals surface area contributed by atoms with Crippen molar-refractivity contribution in [3.05, 3.63) is 77.9 Å². The Morgan fingerprint density at radius 2 is 1.56 bits per heavy atom. The SMILES string of the molecule is O=S(=O)(NCC#Cc1ccccc1C(F)(F)F)c1ccc2ccccc2c1. The highest BCUT2D eigenvalue weighted by Gasteiger charge is 2.32. The lowest BCUT2D eigenvalue weighted by atomic mass is 10.1. The van der Waals surface area contributed by atoms with E-state index in [1.54, 1.807) is 18.2 Å². The molecule has 0 atom stereocenters. The summed E-state index contributed by atoms with van der Waals surface area (Å²) in [6.45, 7) is -0.304. The molecule has 0 aliphatic heterocycles. The average Bonchev–Trinajstić information content (AvgIpc) is 2.64. The van der Waals surface area contributed by atoms with Gasteiger partial charge in [-0.2, -0.15) is 17.9 Å². The third kappa shape index (κ3) is 4.48. The predicted molar refractivity (Wildman–Crippen MR) is 97.5 cm³/mol. The van der Waals surface area contributed by atoms with Gasteiger partial charge in [0.15, 0.2) is 0 Å². The first kappa shape index (κ1) is 19.0. The summed E-state index contributed by atoms with van der Waals surface area (Å²) in [4.78, 5) is 0.0682. The van der Waals surface area contributed by atoms with Crippen molar-refractivity contribution >= 4 is 20.8 Å². The fourth-order valence-electron chi connectivity index (χ4n) is 2.53. The summed E-state index contributed by atoms with van der Waals surface area (Å²) in [6, 6.07) is 16.9. The number of rotatable bonds is 3. The van der Waals surface area contributed by atoms with Crippen LogP contribution in [0.15, 0.2) is 71.6 Å². The molecule has 0 aromatic heterocycles. The van der Waals surface area contributed by atoms with Crippen LogP contribution < -0.4 is 4.72 Å². The zero-order valence-electron chi connectivity index (χ0n) is 13.9. The van der Waals surface area contributed by atoms with Crippen LogP contribution in [0.1, 0.15) is 11.1 Å². The predicted octanol–water partition coefficient (Wildman–Crippen LogP) is 4.19. The van der Waals surface area contributed by atoms with E-state index in [1.165, 1.54) is 30.3 Å². The highest BCUT2D eigenvalue weighted by Crippen LogP contribution is 2.31. The lowest BCUT2D eigenvalue weighted by Crippen LogP contribution is -2.24. The van der Waals surface area contributed by atoms with Crippen LogP contribution in [-0.2, 0) is 16.2 Å². The molecule has 0 radical (unpaired) electrons. The first-order chi connectivity index (χ1) is 12.8. The largest absolute Gasteiger partial charge is 0.417 e. The number of benzene rings is 3. The van der Waals surface area contributed by atoms with Crippen molar-refractivity contribution in [2.75, 3.05) is 6.54 Å². The Labute approximate surface area is 154 Å². The molecule has 0 saturated carbocycles. The molecular formula is C20H14F3NO2S. The molecule has 0 amide bonds. The lowest BCUT2D eigenvalue weighted by molar-refractivity contribution is -0.137. The quantitative estimate of drug-likeness (QED) is 0.683. The van der Waals surface area contributed by atoms with Gasteiger partial charge in [-0.1, -0.05) is 54.3 Å². The van der Waals surface area contributed by atoms with E-state index in [9.17, 15) is 21.6 Å². The van der Waals surface area contributed by atoms with Gasteiger partial charge < -0.3 is 0 Å². The van der Waals surface area contributed by atoms with Gasteiger partial charge >= 0.3 is 6.18 Å². The number of halogens is 3. The maximum Gasteiger partial charge on any atom is 0.417 e. The third-order valence-electron chi connectivity index (χ3n) is 3.84. The molecule has 0 heterocycles. The molecule has 138 valence electrons. The van der Waals surface area contributed by atoms with Gasteiger partial charge in [0.2, 0.25) is 10.0 Å². The van der Waals surface area contributed by atoms with Crippen molar-refractivity contribution in [2.45, 2.75) is 11.1 Å². The van der Waals surface area contributed by atoms with Crippen molar-refractivity contribution in [2.24, 2.45) is 0 Å². The summed E-state index contributed by atoms with van der Waals surface area (Å²) in [5.74, 6) is 4.81. The third-order valence-corrected chi connectivity index (χ3v) is 5.24. The molecule has 0 aliphatic rings. The van der Waals surface area contributed by atoms with Crippen molar-refractivity contribution in [3.63, 3.8) is 0 Å². The van der Waals surface area contributed by atoms with E-state index < -0.39 is 21.8 Å². The number of hydrogen-bond donors (Lipinski definition) is 1. The van der Waals surface area contributed by atoms with Crippen LogP contribution in [0.3, 0.4) is 0 Å². The van der Waals surface area contributed by atoms with Gasteiger partial charge in [-0.25, -0.2) is 8.42 Å². The number of nitrogens with one attached hydrogen (secondary N) is 1. The molecule has 7 heteroatoms. The van der Waals surface area contributed by atoms with Crippen LogP contribution >= 0.6 is 0 Å². The number of fused-ring (bicyclic) bond motifs is 1. The van der Waals surface area contributed by atoms with E-state index >= 15 is 0 Å². The zero-order chi connectivity index (χ0) is 19.5. The van der Waals surface area contributed by atoms with Crippen LogP contribution in [0.25, 0.3) is 10.8 Å². The molecule has 3 aromatic carbocycles. The minimum atomic E-state index is -4.52. The Kier molecular flexibility index (Phi) is 5.22. The normalized spacial score (nSPS) is 11.8. The molecule has 0 fully saturated rings. The molecule has 0 unspecified atom stereocenters. The van der Waals surface area contributed by atoms with Crippen LogP contribution in [0.2, 0.25) is 0 Å². The standard InChI is InChI=1S/C20H14F3NO2S/c21-20(22,23)19-10-4-3-7-16(19)9-5-13-24-27(25,26)18-12-11-15-6-1-2-8-17(15)14-18/h1-4,6-8,10-12,14,24H,13H2. The van der Waals surface area contributed by atoms with E-state index in [0.717, 1.165) is 16.8 Å². The summed E-state index contributed by atoms with van der Waals surface area (Å²) in [5.41, 5.74) is -1.05.